The van der Waals surface area contributed by atoms with Gasteiger partial charge in [0.25, 0.3) is 5.91 Å². The van der Waals surface area contributed by atoms with E-state index in [0.29, 0.717) is 5.56 Å². The van der Waals surface area contributed by atoms with E-state index in [4.69, 9.17) is 5.73 Å². The maximum atomic E-state index is 12.0. The van der Waals surface area contributed by atoms with Crippen molar-refractivity contribution in [3.8, 4) is 0 Å². The first-order valence-electron chi connectivity index (χ1n) is 5.58. The normalized spacial score (nSPS) is 11.1. The van der Waals surface area contributed by atoms with Gasteiger partial charge >= 0.3 is 0 Å². The topological polar surface area (TPSA) is 72.2 Å². The van der Waals surface area contributed by atoms with Crippen molar-refractivity contribution >= 4 is 27.7 Å². The van der Waals surface area contributed by atoms with E-state index in [-0.39, 0.29) is 12.5 Å². The van der Waals surface area contributed by atoms with Crippen molar-refractivity contribution in [2.75, 3.05) is 6.54 Å². The predicted molar refractivity (Wildman–Crippen MR) is 74.2 cm³/mol. The van der Waals surface area contributed by atoms with Crippen LogP contribution in [0.4, 0.5) is 0 Å². The van der Waals surface area contributed by atoms with Gasteiger partial charge in [-0.15, -0.1) is 0 Å². The number of primary amides is 1. The van der Waals surface area contributed by atoms with Crippen molar-refractivity contribution in [3.05, 3.63) is 33.8 Å². The van der Waals surface area contributed by atoms with Gasteiger partial charge in [-0.2, -0.15) is 0 Å². The summed E-state index contributed by atoms with van der Waals surface area (Å²) in [4.78, 5) is 23.1. The third-order valence-electron chi connectivity index (χ3n) is 2.73. The lowest BCUT2D eigenvalue weighted by atomic mass is 9.92. The summed E-state index contributed by atoms with van der Waals surface area (Å²) < 4.78 is 0.733. The van der Waals surface area contributed by atoms with Crippen molar-refractivity contribution in [2.24, 2.45) is 11.1 Å². The Kier molecular flexibility index (Phi) is 4.51. The molecule has 0 unspecified atom stereocenters. The van der Waals surface area contributed by atoms with Crippen molar-refractivity contribution in [1.29, 1.82) is 0 Å². The van der Waals surface area contributed by atoms with Crippen LogP contribution in [0.15, 0.2) is 22.7 Å². The summed E-state index contributed by atoms with van der Waals surface area (Å²) in [6, 6.07) is 5.47. The average molecular weight is 313 g/mol. The second kappa shape index (κ2) is 5.52. The molecular formula is C13H17BrN2O2. The fourth-order valence-corrected chi connectivity index (χ4v) is 1.96. The van der Waals surface area contributed by atoms with Gasteiger partial charge in [-0.25, -0.2) is 0 Å². The van der Waals surface area contributed by atoms with Gasteiger partial charge in [0.2, 0.25) is 5.91 Å². The van der Waals surface area contributed by atoms with Crippen LogP contribution in [0.1, 0.15) is 29.8 Å². The second-order valence-corrected chi connectivity index (χ2v) is 5.77. The molecule has 2 amide bonds. The predicted octanol–water partition coefficient (Wildman–Crippen LogP) is 2.00. The lowest BCUT2D eigenvalue weighted by Gasteiger charge is -2.20. The van der Waals surface area contributed by atoms with Gasteiger partial charge in [0.15, 0.2) is 0 Å². The van der Waals surface area contributed by atoms with Crippen molar-refractivity contribution < 1.29 is 9.59 Å². The number of halogens is 1. The van der Waals surface area contributed by atoms with Crippen molar-refractivity contribution in [3.63, 3.8) is 0 Å². The molecule has 1 aromatic rings. The first-order chi connectivity index (χ1) is 8.24. The van der Waals surface area contributed by atoms with E-state index in [1.165, 1.54) is 0 Å². The fourth-order valence-electron chi connectivity index (χ4n) is 1.29. The Morgan fingerprint density at radius 3 is 2.50 bits per heavy atom. The molecule has 1 aromatic carbocycles. The van der Waals surface area contributed by atoms with Crippen LogP contribution >= 0.6 is 15.9 Å². The molecule has 18 heavy (non-hydrogen) atoms. The number of nitrogens with two attached hydrogens (primary N) is 1. The molecule has 98 valence electrons. The minimum absolute atomic E-state index is 0.210. The van der Waals surface area contributed by atoms with Crippen LogP contribution in [0.2, 0.25) is 0 Å². The Bertz CT molecular complexity index is 484. The van der Waals surface area contributed by atoms with E-state index in [1.54, 1.807) is 19.9 Å². The minimum Gasteiger partial charge on any atom is -0.369 e. The molecule has 5 heteroatoms. The van der Waals surface area contributed by atoms with Crippen LogP contribution in [0.5, 0.6) is 0 Å². The highest BCUT2D eigenvalue weighted by atomic mass is 79.9. The number of rotatable bonds is 4. The first-order valence-corrected chi connectivity index (χ1v) is 6.37. The molecular weight excluding hydrogens is 296 g/mol. The first kappa shape index (κ1) is 14.7. The lowest BCUT2D eigenvalue weighted by Crippen LogP contribution is -2.42. The molecule has 0 aromatic heterocycles. The molecule has 4 nitrogen and oxygen atoms in total. The molecule has 0 heterocycles. The Morgan fingerprint density at radius 2 is 2.00 bits per heavy atom. The largest absolute Gasteiger partial charge is 0.369 e. The van der Waals surface area contributed by atoms with E-state index in [9.17, 15) is 9.59 Å². The van der Waals surface area contributed by atoms with E-state index in [1.807, 2.05) is 19.1 Å². The Labute approximate surface area is 115 Å². The average Bonchev–Trinajstić information content (AvgIpc) is 2.25. The molecule has 0 spiro atoms. The van der Waals surface area contributed by atoms with E-state index in [0.717, 1.165) is 10.0 Å². The third-order valence-corrected chi connectivity index (χ3v) is 3.38. The van der Waals surface area contributed by atoms with Crippen LogP contribution in [-0.4, -0.2) is 18.4 Å². The van der Waals surface area contributed by atoms with Crippen LogP contribution < -0.4 is 11.1 Å². The summed E-state index contributed by atoms with van der Waals surface area (Å²) in [6.07, 6.45) is 0. The zero-order chi connectivity index (χ0) is 13.9. The highest BCUT2D eigenvalue weighted by Gasteiger charge is 2.25. The molecule has 0 radical (unpaired) electrons. The number of benzene rings is 1. The number of hydrogen-bond donors (Lipinski definition) is 2. The van der Waals surface area contributed by atoms with Gasteiger partial charge in [-0.05, 0) is 54.4 Å². The number of hydrogen-bond acceptors (Lipinski definition) is 2. The molecule has 0 aliphatic carbocycles. The monoisotopic (exact) mass is 312 g/mol. The molecule has 0 fully saturated rings. The highest BCUT2D eigenvalue weighted by Crippen LogP contribution is 2.19. The number of carbonyl (C=O) groups excluding carboxylic acids is 2. The van der Waals surface area contributed by atoms with Crippen molar-refractivity contribution in [1.82, 2.24) is 5.32 Å². The summed E-state index contributed by atoms with van der Waals surface area (Å²) in [7, 11) is 0. The number of amides is 2. The summed E-state index contributed by atoms with van der Waals surface area (Å²) in [5, 5.41) is 2.71. The fraction of sp³-hybridized carbons (Fsp3) is 0.385. The molecule has 0 aliphatic rings. The third kappa shape index (κ3) is 3.57. The molecule has 0 saturated carbocycles. The number of carbonyl (C=O) groups is 2. The van der Waals surface area contributed by atoms with Gasteiger partial charge in [-0.1, -0.05) is 6.07 Å². The summed E-state index contributed by atoms with van der Waals surface area (Å²) in [5.41, 5.74) is 6.10. The Balaban J connectivity index is 2.75. The maximum absolute atomic E-state index is 12.0. The van der Waals surface area contributed by atoms with E-state index < -0.39 is 11.3 Å². The molecule has 3 N–H and O–H groups in total. The zero-order valence-corrected chi connectivity index (χ0v) is 12.3. The Morgan fingerprint density at radius 1 is 1.39 bits per heavy atom. The standard InChI is InChI=1S/C13H17BrN2O2/c1-8-4-5-9(10(14)6-8)11(17)16-7-13(2,3)12(15)18/h4-6H,7H2,1-3H3,(H2,15,18)(H,16,17). The van der Waals surface area contributed by atoms with Gasteiger partial charge in [-0.3, -0.25) is 9.59 Å². The highest BCUT2D eigenvalue weighted by molar-refractivity contribution is 9.10. The zero-order valence-electron chi connectivity index (χ0n) is 10.7. The summed E-state index contributed by atoms with van der Waals surface area (Å²) in [6.45, 7) is 5.55. The molecule has 0 aliphatic heterocycles. The minimum atomic E-state index is -0.757. The van der Waals surface area contributed by atoms with Crippen LogP contribution in [-0.2, 0) is 4.79 Å². The number of aryl methyl sites for hydroxylation is 1. The molecule has 0 atom stereocenters. The van der Waals surface area contributed by atoms with Gasteiger partial charge in [0.1, 0.15) is 0 Å². The SMILES string of the molecule is Cc1ccc(C(=O)NCC(C)(C)C(N)=O)c(Br)c1. The van der Waals surface area contributed by atoms with Gasteiger partial charge < -0.3 is 11.1 Å². The van der Waals surface area contributed by atoms with Gasteiger partial charge in [0.05, 0.1) is 11.0 Å². The molecule has 0 bridgehead atoms. The smallest absolute Gasteiger partial charge is 0.252 e. The van der Waals surface area contributed by atoms with Crippen LogP contribution in [0.25, 0.3) is 0 Å². The Hall–Kier alpha value is -1.36. The van der Waals surface area contributed by atoms with Gasteiger partial charge in [0, 0.05) is 11.0 Å². The van der Waals surface area contributed by atoms with Crippen molar-refractivity contribution in [2.45, 2.75) is 20.8 Å². The maximum Gasteiger partial charge on any atom is 0.252 e. The number of nitrogens with one attached hydrogen (secondary N) is 1. The van der Waals surface area contributed by atoms with Crippen LogP contribution in [0.3, 0.4) is 0 Å². The lowest BCUT2D eigenvalue weighted by molar-refractivity contribution is -0.125. The second-order valence-electron chi connectivity index (χ2n) is 4.91. The quantitative estimate of drug-likeness (QED) is 0.892. The van der Waals surface area contributed by atoms with E-state index >= 15 is 0 Å². The summed E-state index contributed by atoms with van der Waals surface area (Å²) in [5.74, 6) is -0.665. The summed E-state index contributed by atoms with van der Waals surface area (Å²) >= 11 is 3.34. The molecule has 0 saturated heterocycles. The molecule has 1 rings (SSSR count). The van der Waals surface area contributed by atoms with E-state index in [2.05, 4.69) is 21.2 Å². The van der Waals surface area contributed by atoms with Crippen LogP contribution in [0, 0.1) is 12.3 Å².